The van der Waals surface area contributed by atoms with Crippen molar-refractivity contribution in [1.29, 1.82) is 0 Å². The van der Waals surface area contributed by atoms with E-state index in [1.807, 2.05) is 0 Å². The summed E-state index contributed by atoms with van der Waals surface area (Å²) in [5.74, 6) is -2.43. The molecule has 22 heavy (non-hydrogen) atoms. The number of hydrogen-bond acceptors (Lipinski definition) is 3. The van der Waals surface area contributed by atoms with Gasteiger partial charge in [-0.25, -0.2) is 0 Å². The molecule has 118 valence electrons. The Bertz CT molecular complexity index is 614. The summed E-state index contributed by atoms with van der Waals surface area (Å²) >= 11 is 0. The largest absolute Gasteiger partial charge is 0.471 e. The molecule has 2 amide bonds. The van der Waals surface area contributed by atoms with Crippen LogP contribution in [0, 0.1) is 0 Å². The van der Waals surface area contributed by atoms with Crippen LogP contribution in [0.5, 0.6) is 0 Å². The van der Waals surface area contributed by atoms with Crippen molar-refractivity contribution in [3.05, 3.63) is 29.3 Å². The lowest BCUT2D eigenvalue weighted by molar-refractivity contribution is -0.173. The van der Waals surface area contributed by atoms with Gasteiger partial charge >= 0.3 is 12.1 Å². The van der Waals surface area contributed by atoms with Crippen molar-refractivity contribution < 1.29 is 27.6 Å². The van der Waals surface area contributed by atoms with E-state index in [1.165, 1.54) is 11.0 Å². The number of ketones is 1. The van der Waals surface area contributed by atoms with E-state index in [4.69, 9.17) is 0 Å². The van der Waals surface area contributed by atoms with Crippen LogP contribution in [0.4, 0.5) is 18.9 Å². The van der Waals surface area contributed by atoms with Crippen molar-refractivity contribution in [1.82, 2.24) is 5.32 Å². The van der Waals surface area contributed by atoms with E-state index in [9.17, 15) is 27.6 Å². The highest BCUT2D eigenvalue weighted by Crippen LogP contribution is 2.27. The maximum atomic E-state index is 12.0. The standard InChI is InChI=1S/C14H13F3N2O3/c15-14(16,17)13(22)18-5-3-12(21)10-1-2-11-9(7-10)4-6-19(11)8-20/h1-2,7-8H,3-6H2,(H,18,22). The molecular weight excluding hydrogens is 301 g/mol. The summed E-state index contributed by atoms with van der Waals surface area (Å²) < 4.78 is 36.0. The van der Waals surface area contributed by atoms with E-state index in [2.05, 4.69) is 0 Å². The highest BCUT2D eigenvalue weighted by molar-refractivity contribution is 5.97. The maximum absolute atomic E-state index is 12.0. The van der Waals surface area contributed by atoms with Crippen LogP contribution in [0.3, 0.4) is 0 Å². The number of rotatable bonds is 5. The third kappa shape index (κ3) is 3.44. The average molecular weight is 314 g/mol. The van der Waals surface area contributed by atoms with E-state index in [-0.39, 0.29) is 18.7 Å². The minimum Gasteiger partial charge on any atom is -0.348 e. The lowest BCUT2D eigenvalue weighted by Gasteiger charge is -2.10. The first-order valence-corrected chi connectivity index (χ1v) is 6.56. The van der Waals surface area contributed by atoms with Crippen LogP contribution in [0.2, 0.25) is 0 Å². The first kappa shape index (κ1) is 16.0. The lowest BCUT2D eigenvalue weighted by Crippen LogP contribution is -2.37. The van der Waals surface area contributed by atoms with Crippen molar-refractivity contribution in [2.75, 3.05) is 18.0 Å². The molecule has 1 aromatic rings. The van der Waals surface area contributed by atoms with Crippen LogP contribution < -0.4 is 10.2 Å². The van der Waals surface area contributed by atoms with Gasteiger partial charge in [0, 0.05) is 30.8 Å². The van der Waals surface area contributed by atoms with Crippen LogP contribution in [0.15, 0.2) is 18.2 Å². The predicted octanol–water partition coefficient (Wildman–Crippen LogP) is 1.46. The van der Waals surface area contributed by atoms with Crippen molar-refractivity contribution in [3.8, 4) is 0 Å². The number of hydrogen-bond donors (Lipinski definition) is 1. The molecule has 5 nitrogen and oxygen atoms in total. The maximum Gasteiger partial charge on any atom is 0.471 e. The van der Waals surface area contributed by atoms with Crippen LogP contribution >= 0.6 is 0 Å². The number of fused-ring (bicyclic) bond motifs is 1. The second-order valence-electron chi connectivity index (χ2n) is 4.82. The Balaban J connectivity index is 1.94. The molecule has 0 radical (unpaired) electrons. The Morgan fingerprint density at radius 1 is 1.32 bits per heavy atom. The summed E-state index contributed by atoms with van der Waals surface area (Å²) in [7, 11) is 0. The van der Waals surface area contributed by atoms with Crippen LogP contribution in [0.25, 0.3) is 0 Å². The van der Waals surface area contributed by atoms with Gasteiger partial charge in [-0.15, -0.1) is 0 Å². The summed E-state index contributed by atoms with van der Waals surface area (Å²) in [5, 5.41) is 1.65. The van der Waals surface area contributed by atoms with Gasteiger partial charge < -0.3 is 10.2 Å². The molecule has 1 heterocycles. The SMILES string of the molecule is O=CN1CCc2cc(C(=O)CCNC(=O)C(F)(F)F)ccc21. The van der Waals surface area contributed by atoms with E-state index in [0.717, 1.165) is 11.3 Å². The van der Waals surface area contributed by atoms with E-state index in [1.54, 1.807) is 17.4 Å². The number of carbonyl (C=O) groups is 3. The molecule has 0 saturated carbocycles. The molecule has 0 fully saturated rings. The van der Waals surface area contributed by atoms with Gasteiger partial charge in [0.1, 0.15) is 0 Å². The Kier molecular flexibility index (Phi) is 4.48. The number of halogens is 3. The number of benzene rings is 1. The Morgan fingerprint density at radius 2 is 2.05 bits per heavy atom. The van der Waals surface area contributed by atoms with Gasteiger partial charge in [0.2, 0.25) is 6.41 Å². The fraction of sp³-hybridized carbons (Fsp3) is 0.357. The number of nitrogens with zero attached hydrogens (tertiary/aromatic N) is 1. The molecule has 2 rings (SSSR count). The van der Waals surface area contributed by atoms with E-state index in [0.29, 0.717) is 24.9 Å². The zero-order valence-corrected chi connectivity index (χ0v) is 11.4. The van der Waals surface area contributed by atoms with Crippen molar-refractivity contribution >= 4 is 23.8 Å². The predicted molar refractivity (Wildman–Crippen MR) is 71.6 cm³/mol. The van der Waals surface area contributed by atoms with E-state index >= 15 is 0 Å². The molecule has 0 aromatic heterocycles. The van der Waals surface area contributed by atoms with Crippen molar-refractivity contribution in [3.63, 3.8) is 0 Å². The van der Waals surface area contributed by atoms with Gasteiger partial charge in [-0.3, -0.25) is 14.4 Å². The van der Waals surface area contributed by atoms with Crippen molar-refractivity contribution in [2.45, 2.75) is 19.0 Å². The molecule has 0 atom stereocenters. The van der Waals surface area contributed by atoms with Gasteiger partial charge in [-0.2, -0.15) is 13.2 Å². The van der Waals surface area contributed by atoms with Crippen molar-refractivity contribution in [2.24, 2.45) is 0 Å². The monoisotopic (exact) mass is 314 g/mol. The number of anilines is 1. The number of nitrogens with one attached hydrogen (secondary N) is 1. The van der Waals surface area contributed by atoms with Gasteiger partial charge in [-0.05, 0) is 30.2 Å². The topological polar surface area (TPSA) is 66.5 Å². The fourth-order valence-corrected chi connectivity index (χ4v) is 2.24. The fourth-order valence-electron chi connectivity index (χ4n) is 2.24. The molecule has 1 aliphatic heterocycles. The van der Waals surface area contributed by atoms with Crippen LogP contribution in [-0.2, 0) is 16.0 Å². The van der Waals surface area contributed by atoms with Gasteiger partial charge in [0.05, 0.1) is 0 Å². The Morgan fingerprint density at radius 3 is 2.68 bits per heavy atom. The second kappa shape index (κ2) is 6.17. The Labute approximate surface area is 124 Å². The molecule has 1 N–H and O–H groups in total. The number of amides is 2. The Hall–Kier alpha value is -2.38. The normalized spacial score (nSPS) is 13.7. The van der Waals surface area contributed by atoms with Gasteiger partial charge in [0.15, 0.2) is 5.78 Å². The summed E-state index contributed by atoms with van der Waals surface area (Å²) in [6.45, 7) is 0.160. The summed E-state index contributed by atoms with van der Waals surface area (Å²) in [4.78, 5) is 34.9. The minimum absolute atomic E-state index is 0.224. The molecule has 0 spiro atoms. The summed E-state index contributed by atoms with van der Waals surface area (Å²) in [5.41, 5.74) is 1.93. The molecule has 0 saturated heterocycles. The first-order chi connectivity index (χ1) is 10.3. The van der Waals surface area contributed by atoms with Crippen LogP contribution in [0.1, 0.15) is 22.3 Å². The minimum atomic E-state index is -4.95. The van der Waals surface area contributed by atoms with E-state index < -0.39 is 12.1 Å². The molecular formula is C14H13F3N2O3. The number of carbonyl (C=O) groups excluding carboxylic acids is 3. The van der Waals surface area contributed by atoms with Gasteiger partial charge in [-0.1, -0.05) is 0 Å². The molecule has 1 aromatic carbocycles. The average Bonchev–Trinajstić information content (AvgIpc) is 2.88. The third-order valence-electron chi connectivity index (χ3n) is 3.36. The third-order valence-corrected chi connectivity index (χ3v) is 3.36. The molecule has 1 aliphatic rings. The number of alkyl halides is 3. The van der Waals surface area contributed by atoms with Gasteiger partial charge in [0.25, 0.3) is 0 Å². The molecule has 0 unspecified atom stereocenters. The molecule has 8 heteroatoms. The smallest absolute Gasteiger partial charge is 0.348 e. The molecule has 0 aliphatic carbocycles. The highest BCUT2D eigenvalue weighted by Gasteiger charge is 2.38. The lowest BCUT2D eigenvalue weighted by atomic mass is 10.0. The molecule has 0 bridgehead atoms. The summed E-state index contributed by atoms with van der Waals surface area (Å²) in [6.07, 6.45) is -3.84. The zero-order valence-electron chi connectivity index (χ0n) is 11.4. The quantitative estimate of drug-likeness (QED) is 0.661. The zero-order chi connectivity index (χ0) is 16.3. The number of Topliss-reactive ketones (excluding diaryl/α,β-unsaturated/α-hetero) is 1. The highest BCUT2D eigenvalue weighted by atomic mass is 19.4. The summed E-state index contributed by atoms with van der Waals surface area (Å²) in [6, 6.07) is 4.79. The second-order valence-corrected chi connectivity index (χ2v) is 4.82. The first-order valence-electron chi connectivity index (χ1n) is 6.56. The van der Waals surface area contributed by atoms with Crippen LogP contribution in [-0.4, -0.2) is 37.4 Å².